The summed E-state index contributed by atoms with van der Waals surface area (Å²) >= 11 is 0. The molecule has 1 amide bonds. The van der Waals surface area contributed by atoms with Gasteiger partial charge in [0, 0.05) is 5.92 Å². The first-order valence-corrected chi connectivity index (χ1v) is 5.21. The molecule has 0 aromatic carbocycles. The van der Waals surface area contributed by atoms with Crippen LogP contribution in [0.5, 0.6) is 0 Å². The van der Waals surface area contributed by atoms with Gasteiger partial charge in [-0.1, -0.05) is 13.8 Å². The van der Waals surface area contributed by atoms with Gasteiger partial charge in [-0.3, -0.25) is 9.89 Å². The lowest BCUT2D eigenvalue weighted by molar-refractivity contribution is 0.0859. The molecule has 0 unspecified atom stereocenters. The first-order chi connectivity index (χ1) is 7.35. The molecule has 0 spiro atoms. The van der Waals surface area contributed by atoms with Crippen LogP contribution in [0, 0.1) is 0 Å². The van der Waals surface area contributed by atoms with Crippen LogP contribution >= 0.6 is 0 Å². The average Bonchev–Trinajstić information content (AvgIpc) is 2.66. The summed E-state index contributed by atoms with van der Waals surface area (Å²) in [6.07, 6.45) is 0. The fourth-order valence-electron chi connectivity index (χ4n) is 1.04. The van der Waals surface area contributed by atoms with Gasteiger partial charge in [0.1, 0.15) is 5.82 Å². The average molecular weight is 226 g/mol. The molecule has 0 saturated heterocycles. The maximum absolute atomic E-state index is 11.7. The Morgan fingerprint density at radius 1 is 1.56 bits per heavy atom. The molecule has 6 nitrogen and oxygen atoms in total. The zero-order valence-corrected chi connectivity index (χ0v) is 10.0. The molecule has 1 aromatic heterocycles. The Morgan fingerprint density at radius 2 is 2.19 bits per heavy atom. The lowest BCUT2D eigenvalue weighted by Gasteiger charge is -2.22. The number of rotatable bonds is 4. The van der Waals surface area contributed by atoms with Crippen molar-refractivity contribution in [2.24, 2.45) is 0 Å². The van der Waals surface area contributed by atoms with E-state index in [4.69, 9.17) is 5.11 Å². The smallest absolute Gasteiger partial charge is 0.291 e. The monoisotopic (exact) mass is 226 g/mol. The topological polar surface area (TPSA) is 90.9 Å². The normalized spacial score (nSPS) is 11.9. The highest BCUT2D eigenvalue weighted by atomic mass is 16.3. The zero-order chi connectivity index (χ0) is 12.3. The number of hydrogen-bond donors (Lipinski definition) is 3. The first-order valence-electron chi connectivity index (χ1n) is 5.21. The summed E-state index contributed by atoms with van der Waals surface area (Å²) in [6, 6.07) is 0. The minimum absolute atomic E-state index is 0.102. The molecule has 0 aliphatic heterocycles. The summed E-state index contributed by atoms with van der Waals surface area (Å²) in [4.78, 5) is 15.8. The van der Waals surface area contributed by atoms with Gasteiger partial charge in [-0.15, -0.1) is 5.10 Å². The lowest BCUT2D eigenvalue weighted by Crippen LogP contribution is -2.46. The van der Waals surface area contributed by atoms with E-state index in [1.54, 1.807) is 13.8 Å². The SMILES string of the molecule is CC(C)c1nc(C(=O)NC(C)(C)CO)n[nH]1. The molecule has 0 aliphatic rings. The Bertz CT molecular complexity index is 371. The Balaban J connectivity index is 2.74. The molecular formula is C10H18N4O2. The van der Waals surface area contributed by atoms with Gasteiger partial charge >= 0.3 is 0 Å². The van der Waals surface area contributed by atoms with E-state index in [2.05, 4.69) is 20.5 Å². The predicted octanol–water partition coefficient (Wildman–Crippen LogP) is 0.429. The van der Waals surface area contributed by atoms with Crippen molar-refractivity contribution in [2.75, 3.05) is 6.61 Å². The van der Waals surface area contributed by atoms with Crippen molar-refractivity contribution >= 4 is 5.91 Å². The minimum Gasteiger partial charge on any atom is -0.394 e. The van der Waals surface area contributed by atoms with Crippen molar-refractivity contribution in [1.29, 1.82) is 0 Å². The zero-order valence-electron chi connectivity index (χ0n) is 10.0. The van der Waals surface area contributed by atoms with Crippen LogP contribution in [0.4, 0.5) is 0 Å². The molecule has 6 heteroatoms. The number of H-pyrrole nitrogens is 1. The number of amides is 1. The number of nitrogens with one attached hydrogen (secondary N) is 2. The summed E-state index contributed by atoms with van der Waals surface area (Å²) in [5.41, 5.74) is -0.671. The van der Waals surface area contributed by atoms with Gasteiger partial charge in [-0.05, 0) is 13.8 Å². The minimum atomic E-state index is -0.671. The highest BCUT2D eigenvalue weighted by Crippen LogP contribution is 2.08. The third-order valence-corrected chi connectivity index (χ3v) is 2.10. The molecule has 1 rings (SSSR count). The highest BCUT2D eigenvalue weighted by molar-refractivity contribution is 5.90. The third kappa shape index (κ3) is 3.03. The molecular weight excluding hydrogens is 208 g/mol. The lowest BCUT2D eigenvalue weighted by atomic mass is 10.1. The van der Waals surface area contributed by atoms with Gasteiger partial charge in [0.15, 0.2) is 0 Å². The van der Waals surface area contributed by atoms with Crippen molar-refractivity contribution in [1.82, 2.24) is 20.5 Å². The standard InChI is InChI=1S/C10H18N4O2/c1-6(2)7-11-8(14-13-7)9(16)12-10(3,4)5-15/h6,15H,5H2,1-4H3,(H,12,16)(H,11,13,14). The Hall–Kier alpha value is -1.43. The Kier molecular flexibility index (Phi) is 3.64. The van der Waals surface area contributed by atoms with Gasteiger partial charge in [0.2, 0.25) is 5.82 Å². The van der Waals surface area contributed by atoms with Gasteiger partial charge in [0.05, 0.1) is 12.1 Å². The summed E-state index contributed by atoms with van der Waals surface area (Å²) in [5, 5.41) is 18.2. The van der Waals surface area contributed by atoms with Gasteiger partial charge < -0.3 is 10.4 Å². The number of hydrogen-bond acceptors (Lipinski definition) is 4. The van der Waals surface area contributed by atoms with Crippen molar-refractivity contribution in [3.8, 4) is 0 Å². The summed E-state index contributed by atoms with van der Waals surface area (Å²) in [5.74, 6) is 0.583. The van der Waals surface area contributed by atoms with Gasteiger partial charge in [-0.2, -0.15) is 0 Å². The van der Waals surface area contributed by atoms with Crippen molar-refractivity contribution in [3.63, 3.8) is 0 Å². The Morgan fingerprint density at radius 3 is 2.62 bits per heavy atom. The highest BCUT2D eigenvalue weighted by Gasteiger charge is 2.22. The van der Waals surface area contributed by atoms with Crippen molar-refractivity contribution < 1.29 is 9.90 Å². The van der Waals surface area contributed by atoms with Crippen LogP contribution < -0.4 is 5.32 Å². The number of carbonyl (C=O) groups excluding carboxylic acids is 1. The molecule has 1 heterocycles. The van der Waals surface area contributed by atoms with E-state index < -0.39 is 5.54 Å². The number of nitrogens with zero attached hydrogens (tertiary/aromatic N) is 2. The van der Waals surface area contributed by atoms with Crippen LogP contribution in [-0.2, 0) is 0 Å². The maximum atomic E-state index is 11.7. The second kappa shape index (κ2) is 4.61. The molecule has 3 N–H and O–H groups in total. The van der Waals surface area contributed by atoms with Crippen LogP contribution in [0.15, 0.2) is 0 Å². The molecule has 0 bridgehead atoms. The van der Waals surface area contributed by atoms with Crippen molar-refractivity contribution in [2.45, 2.75) is 39.2 Å². The summed E-state index contributed by atoms with van der Waals surface area (Å²) in [7, 11) is 0. The predicted molar refractivity (Wildman–Crippen MR) is 59.1 cm³/mol. The van der Waals surface area contributed by atoms with Crippen LogP contribution in [0.25, 0.3) is 0 Å². The summed E-state index contributed by atoms with van der Waals surface area (Å²) < 4.78 is 0. The molecule has 0 aliphatic carbocycles. The van der Waals surface area contributed by atoms with Crippen LogP contribution in [0.3, 0.4) is 0 Å². The van der Waals surface area contributed by atoms with E-state index in [0.717, 1.165) is 0 Å². The number of carbonyl (C=O) groups is 1. The fraction of sp³-hybridized carbons (Fsp3) is 0.700. The molecule has 1 aromatic rings. The van der Waals surface area contributed by atoms with E-state index in [1.165, 1.54) is 0 Å². The van der Waals surface area contributed by atoms with Crippen LogP contribution in [-0.4, -0.2) is 38.3 Å². The molecule has 0 atom stereocenters. The number of aromatic amines is 1. The fourth-order valence-corrected chi connectivity index (χ4v) is 1.04. The van der Waals surface area contributed by atoms with Crippen molar-refractivity contribution in [3.05, 3.63) is 11.6 Å². The molecule has 0 fully saturated rings. The van der Waals surface area contributed by atoms with E-state index in [1.807, 2.05) is 13.8 Å². The second-order valence-corrected chi connectivity index (χ2v) is 4.70. The first kappa shape index (κ1) is 12.6. The molecule has 0 radical (unpaired) electrons. The largest absolute Gasteiger partial charge is 0.394 e. The molecule has 90 valence electrons. The number of aliphatic hydroxyl groups excluding tert-OH is 1. The number of aromatic nitrogens is 3. The van der Waals surface area contributed by atoms with E-state index in [0.29, 0.717) is 5.82 Å². The van der Waals surface area contributed by atoms with E-state index in [-0.39, 0.29) is 24.3 Å². The maximum Gasteiger partial charge on any atom is 0.291 e. The molecule has 0 saturated carbocycles. The molecule has 16 heavy (non-hydrogen) atoms. The van der Waals surface area contributed by atoms with Crippen LogP contribution in [0.1, 0.15) is 50.1 Å². The van der Waals surface area contributed by atoms with E-state index >= 15 is 0 Å². The quantitative estimate of drug-likeness (QED) is 0.694. The Labute approximate surface area is 94.5 Å². The third-order valence-electron chi connectivity index (χ3n) is 2.10. The van der Waals surface area contributed by atoms with Gasteiger partial charge in [0.25, 0.3) is 5.91 Å². The number of aliphatic hydroxyl groups is 1. The van der Waals surface area contributed by atoms with E-state index in [9.17, 15) is 4.79 Å². The van der Waals surface area contributed by atoms with Gasteiger partial charge in [-0.25, -0.2) is 4.98 Å². The summed E-state index contributed by atoms with van der Waals surface area (Å²) in [6.45, 7) is 7.22. The second-order valence-electron chi connectivity index (χ2n) is 4.70. The van der Waals surface area contributed by atoms with Crippen LogP contribution in [0.2, 0.25) is 0 Å².